The van der Waals surface area contributed by atoms with Crippen LogP contribution in [0.1, 0.15) is 30.1 Å². The highest BCUT2D eigenvalue weighted by Gasteiger charge is 2.20. The van der Waals surface area contributed by atoms with Gasteiger partial charge in [-0.1, -0.05) is 12.1 Å². The lowest BCUT2D eigenvalue weighted by atomic mass is 10.1. The highest BCUT2D eigenvalue weighted by molar-refractivity contribution is 5.36. The molecule has 0 saturated carbocycles. The molecule has 4 nitrogen and oxygen atoms in total. The molecule has 1 saturated heterocycles. The van der Waals surface area contributed by atoms with Crippen LogP contribution in [-0.4, -0.2) is 21.2 Å². The molecule has 18 heavy (non-hydrogen) atoms. The summed E-state index contributed by atoms with van der Waals surface area (Å²) in [5.41, 5.74) is 3.23. The Balaban J connectivity index is 1.93. The van der Waals surface area contributed by atoms with Gasteiger partial charge in [0, 0.05) is 11.7 Å². The lowest BCUT2D eigenvalue weighted by Crippen LogP contribution is -2.16. The molecular formula is C14H17N3O. The van der Waals surface area contributed by atoms with Gasteiger partial charge in [-0.25, -0.2) is 4.98 Å². The fourth-order valence-electron chi connectivity index (χ4n) is 2.48. The summed E-state index contributed by atoms with van der Waals surface area (Å²) in [6.45, 7) is 1.17. The quantitative estimate of drug-likeness (QED) is 0.864. The zero-order valence-corrected chi connectivity index (χ0v) is 10.2. The maximum absolute atomic E-state index is 9.06. The fraction of sp³-hybridized carbons (Fsp3) is 0.357. The molecule has 4 heteroatoms. The molecule has 1 aromatic heterocycles. The molecule has 0 bridgehead atoms. The minimum atomic E-state index is 0.0846. The summed E-state index contributed by atoms with van der Waals surface area (Å²) >= 11 is 0. The lowest BCUT2D eigenvalue weighted by Gasteiger charge is -2.14. The van der Waals surface area contributed by atoms with Crippen molar-refractivity contribution in [3.8, 4) is 5.69 Å². The van der Waals surface area contributed by atoms with Crippen LogP contribution in [0.4, 0.5) is 0 Å². The van der Waals surface area contributed by atoms with Gasteiger partial charge in [-0.2, -0.15) is 0 Å². The van der Waals surface area contributed by atoms with Crippen LogP contribution in [0.25, 0.3) is 5.69 Å². The van der Waals surface area contributed by atoms with E-state index < -0.39 is 0 Å². The monoisotopic (exact) mass is 243 g/mol. The first-order valence-corrected chi connectivity index (χ1v) is 6.34. The van der Waals surface area contributed by atoms with Crippen LogP contribution in [0, 0.1) is 0 Å². The summed E-state index contributed by atoms with van der Waals surface area (Å²) in [6, 6.07) is 8.34. The maximum Gasteiger partial charge on any atom is 0.0994 e. The van der Waals surface area contributed by atoms with Crippen molar-refractivity contribution in [1.82, 2.24) is 14.9 Å². The van der Waals surface area contributed by atoms with E-state index in [-0.39, 0.29) is 6.61 Å². The van der Waals surface area contributed by atoms with Crippen molar-refractivity contribution in [1.29, 1.82) is 0 Å². The minimum Gasteiger partial charge on any atom is -0.392 e. The number of hydrogen-bond donors (Lipinski definition) is 2. The second kappa shape index (κ2) is 4.92. The van der Waals surface area contributed by atoms with Crippen molar-refractivity contribution in [2.45, 2.75) is 25.5 Å². The van der Waals surface area contributed by atoms with Crippen LogP contribution in [0.2, 0.25) is 0 Å². The van der Waals surface area contributed by atoms with Crippen LogP contribution < -0.4 is 5.32 Å². The van der Waals surface area contributed by atoms with E-state index in [2.05, 4.69) is 14.9 Å². The molecule has 1 aliphatic heterocycles. The third-order valence-electron chi connectivity index (χ3n) is 3.48. The van der Waals surface area contributed by atoms with Gasteiger partial charge in [-0.3, -0.25) is 0 Å². The third-order valence-corrected chi connectivity index (χ3v) is 3.48. The molecule has 0 unspecified atom stereocenters. The van der Waals surface area contributed by atoms with Gasteiger partial charge in [-0.15, -0.1) is 0 Å². The normalized spacial score (nSPS) is 19.3. The van der Waals surface area contributed by atoms with E-state index in [1.54, 1.807) is 0 Å². The molecule has 0 radical (unpaired) electrons. The summed E-state index contributed by atoms with van der Waals surface area (Å²) < 4.78 is 2.12. The Morgan fingerprint density at radius 3 is 2.83 bits per heavy atom. The van der Waals surface area contributed by atoms with Gasteiger partial charge in [0.2, 0.25) is 0 Å². The molecule has 2 heterocycles. The molecule has 1 fully saturated rings. The van der Waals surface area contributed by atoms with Gasteiger partial charge < -0.3 is 15.0 Å². The van der Waals surface area contributed by atoms with Crippen LogP contribution in [0.3, 0.4) is 0 Å². The smallest absolute Gasteiger partial charge is 0.0994 e. The van der Waals surface area contributed by atoms with Crippen LogP contribution in [0.5, 0.6) is 0 Å². The molecule has 94 valence electrons. The van der Waals surface area contributed by atoms with Gasteiger partial charge in [0.15, 0.2) is 0 Å². The number of aliphatic hydroxyl groups excluding tert-OH is 1. The molecule has 2 N–H and O–H groups in total. The van der Waals surface area contributed by atoms with Crippen LogP contribution >= 0.6 is 0 Å². The molecule has 0 amide bonds. The average Bonchev–Trinajstić information content (AvgIpc) is 3.09. The molecule has 0 aliphatic carbocycles. The van der Waals surface area contributed by atoms with Crippen molar-refractivity contribution in [2.24, 2.45) is 0 Å². The lowest BCUT2D eigenvalue weighted by molar-refractivity contribution is 0.282. The second-order valence-corrected chi connectivity index (χ2v) is 4.66. The largest absolute Gasteiger partial charge is 0.392 e. The summed E-state index contributed by atoms with van der Waals surface area (Å²) in [5.74, 6) is 0. The van der Waals surface area contributed by atoms with E-state index in [0.29, 0.717) is 6.04 Å². The topological polar surface area (TPSA) is 50.1 Å². The fourth-order valence-corrected chi connectivity index (χ4v) is 2.48. The number of rotatable bonds is 3. The van der Waals surface area contributed by atoms with Crippen molar-refractivity contribution >= 4 is 0 Å². The number of nitrogens with one attached hydrogen (secondary N) is 1. The average molecular weight is 243 g/mol. The van der Waals surface area contributed by atoms with Gasteiger partial charge in [0.25, 0.3) is 0 Å². The van der Waals surface area contributed by atoms with Crippen molar-refractivity contribution in [3.05, 3.63) is 48.0 Å². The number of hydrogen-bond acceptors (Lipinski definition) is 3. The Morgan fingerprint density at radius 2 is 2.17 bits per heavy atom. The van der Waals surface area contributed by atoms with Crippen molar-refractivity contribution in [3.63, 3.8) is 0 Å². The summed E-state index contributed by atoms with van der Waals surface area (Å²) in [4.78, 5) is 4.26. The van der Waals surface area contributed by atoms with Crippen molar-refractivity contribution < 1.29 is 5.11 Å². The first-order chi connectivity index (χ1) is 8.88. The number of aromatic nitrogens is 2. The van der Waals surface area contributed by atoms with Gasteiger partial charge >= 0.3 is 0 Å². The van der Waals surface area contributed by atoms with Gasteiger partial charge in [-0.05, 0) is 37.1 Å². The molecule has 2 aromatic rings. The molecule has 1 atom stereocenters. The molecule has 3 rings (SSSR count). The Kier molecular flexibility index (Phi) is 3.13. The predicted molar refractivity (Wildman–Crippen MR) is 69.5 cm³/mol. The van der Waals surface area contributed by atoms with E-state index >= 15 is 0 Å². The van der Waals surface area contributed by atoms with Crippen LogP contribution in [0.15, 0.2) is 36.8 Å². The third kappa shape index (κ3) is 2.05. The SMILES string of the molecule is OCc1ccc(-n2cncc2[C@@H]2CCCN2)cc1. The van der Waals surface area contributed by atoms with Crippen LogP contribution in [-0.2, 0) is 6.61 Å². The molecular weight excluding hydrogens is 226 g/mol. The maximum atomic E-state index is 9.06. The Bertz CT molecular complexity index is 512. The number of imidazole rings is 1. The molecule has 0 spiro atoms. The van der Waals surface area contributed by atoms with E-state index in [1.165, 1.54) is 18.5 Å². The summed E-state index contributed by atoms with van der Waals surface area (Å²) in [6.07, 6.45) is 6.17. The van der Waals surface area contributed by atoms with Crippen molar-refractivity contribution in [2.75, 3.05) is 6.54 Å². The Hall–Kier alpha value is -1.65. The first-order valence-electron chi connectivity index (χ1n) is 6.34. The number of benzene rings is 1. The van der Waals surface area contributed by atoms with E-state index in [4.69, 9.17) is 5.11 Å². The first kappa shape index (κ1) is 11.4. The minimum absolute atomic E-state index is 0.0846. The van der Waals surface area contributed by atoms with E-state index in [0.717, 1.165) is 17.8 Å². The standard InChI is InChI=1S/C14H17N3O/c18-9-11-3-5-12(6-4-11)17-10-15-8-14(17)13-2-1-7-16-13/h3-6,8,10,13,16,18H,1-2,7,9H2/t13-/m0/s1. The molecule has 1 aromatic carbocycles. The predicted octanol–water partition coefficient (Wildman–Crippen LogP) is 1.79. The zero-order chi connectivity index (χ0) is 12.4. The molecule has 1 aliphatic rings. The highest BCUT2D eigenvalue weighted by atomic mass is 16.3. The van der Waals surface area contributed by atoms with Gasteiger partial charge in [0.1, 0.15) is 0 Å². The second-order valence-electron chi connectivity index (χ2n) is 4.66. The number of nitrogens with zero attached hydrogens (tertiary/aromatic N) is 2. The van der Waals surface area contributed by atoms with E-state index in [9.17, 15) is 0 Å². The summed E-state index contributed by atoms with van der Waals surface area (Å²) in [5, 5.41) is 12.5. The van der Waals surface area contributed by atoms with Gasteiger partial charge in [0.05, 0.1) is 24.8 Å². The Labute approximate surface area is 106 Å². The highest BCUT2D eigenvalue weighted by Crippen LogP contribution is 2.25. The number of aliphatic hydroxyl groups is 1. The van der Waals surface area contributed by atoms with E-state index in [1.807, 2.05) is 36.8 Å². The zero-order valence-electron chi connectivity index (χ0n) is 10.2. The summed E-state index contributed by atoms with van der Waals surface area (Å²) in [7, 11) is 0. The Morgan fingerprint density at radius 1 is 1.33 bits per heavy atom.